The molecule has 3 heterocycles. The number of benzene rings is 2. The zero-order valence-electron chi connectivity index (χ0n) is 19.1. The molecule has 0 radical (unpaired) electrons. The van der Waals surface area contributed by atoms with Crippen molar-refractivity contribution in [3.05, 3.63) is 101 Å². The fourth-order valence-corrected chi connectivity index (χ4v) is 5.12. The molecule has 0 saturated carbocycles. The Hall–Kier alpha value is -3.23. The molecule has 178 valence electrons. The molecule has 1 fully saturated rings. The van der Waals surface area contributed by atoms with Gasteiger partial charge in [0.05, 0.1) is 17.8 Å². The van der Waals surface area contributed by atoms with Crippen LogP contribution in [0.1, 0.15) is 37.4 Å². The van der Waals surface area contributed by atoms with Crippen LogP contribution in [0.15, 0.2) is 87.9 Å². The number of nitrogens with zero attached hydrogens (tertiary/aromatic N) is 2. The van der Waals surface area contributed by atoms with Crippen molar-refractivity contribution in [3.63, 3.8) is 0 Å². The van der Waals surface area contributed by atoms with E-state index in [9.17, 15) is 4.39 Å². The lowest BCUT2D eigenvalue weighted by Gasteiger charge is -2.26. The van der Waals surface area contributed by atoms with Gasteiger partial charge in [-0.1, -0.05) is 6.07 Å². The predicted molar refractivity (Wildman–Crippen MR) is 142 cm³/mol. The summed E-state index contributed by atoms with van der Waals surface area (Å²) in [6.07, 6.45) is 1.85. The van der Waals surface area contributed by atoms with E-state index in [-0.39, 0.29) is 24.0 Å². The zero-order valence-corrected chi connectivity index (χ0v) is 21.5. The Labute approximate surface area is 217 Å². The third-order valence-corrected chi connectivity index (χ3v) is 6.67. The van der Waals surface area contributed by atoms with Gasteiger partial charge >= 0.3 is 0 Å². The predicted octanol–water partition coefficient (Wildman–Crippen LogP) is 7.21. The monoisotopic (exact) mass is 551 g/mol. The minimum absolute atomic E-state index is 0.0870. The number of pyridine rings is 1. The molecule has 5 nitrogen and oxygen atoms in total. The van der Waals surface area contributed by atoms with Crippen molar-refractivity contribution >= 4 is 38.9 Å². The van der Waals surface area contributed by atoms with Gasteiger partial charge in [-0.3, -0.25) is 4.98 Å². The fraction of sp³-hybridized carbons (Fsp3) is 0.185. The second-order valence-corrected chi connectivity index (χ2v) is 9.72. The van der Waals surface area contributed by atoms with Crippen molar-refractivity contribution < 1.29 is 13.5 Å². The van der Waals surface area contributed by atoms with Gasteiger partial charge in [0.2, 0.25) is 0 Å². The Bertz CT molecular complexity index is 1340. The first kappa shape index (κ1) is 23.5. The van der Waals surface area contributed by atoms with Gasteiger partial charge in [0.25, 0.3) is 0 Å². The number of hydrogen-bond acceptors (Lipinski definition) is 4. The summed E-state index contributed by atoms with van der Waals surface area (Å²) in [6, 6.07) is 21.5. The van der Waals surface area contributed by atoms with Crippen LogP contribution in [0, 0.1) is 5.82 Å². The van der Waals surface area contributed by atoms with Gasteiger partial charge in [-0.15, -0.1) is 0 Å². The maximum atomic E-state index is 13.6. The number of thiocarbonyl (C=S) groups is 1. The first-order valence-electron chi connectivity index (χ1n) is 11.2. The van der Waals surface area contributed by atoms with Crippen LogP contribution in [-0.4, -0.2) is 16.2 Å². The summed E-state index contributed by atoms with van der Waals surface area (Å²) in [5.41, 5.74) is 2.52. The Morgan fingerprint density at radius 2 is 1.89 bits per heavy atom. The van der Waals surface area contributed by atoms with E-state index in [1.165, 1.54) is 12.1 Å². The van der Waals surface area contributed by atoms with Gasteiger partial charge < -0.3 is 19.4 Å². The summed E-state index contributed by atoms with van der Waals surface area (Å²) in [5, 5.41) is 4.00. The normalized spacial score (nSPS) is 17.6. The molecule has 0 aliphatic carbocycles. The molecular formula is C27H23BrFN3O2S. The van der Waals surface area contributed by atoms with Crippen molar-refractivity contribution in [2.24, 2.45) is 0 Å². The highest BCUT2D eigenvalue weighted by molar-refractivity contribution is 9.10. The molecular weight excluding hydrogens is 529 g/mol. The van der Waals surface area contributed by atoms with Gasteiger partial charge in [0, 0.05) is 21.9 Å². The molecule has 2 aromatic heterocycles. The average Bonchev–Trinajstić information content (AvgIpc) is 3.44. The number of furan rings is 1. The van der Waals surface area contributed by atoms with Crippen LogP contribution in [0.4, 0.5) is 10.1 Å². The molecule has 1 aliphatic rings. The molecule has 5 rings (SSSR count). The van der Waals surface area contributed by atoms with E-state index in [2.05, 4.69) is 26.2 Å². The number of rotatable bonds is 6. The summed E-state index contributed by atoms with van der Waals surface area (Å²) >= 11 is 9.22. The molecule has 2 aromatic carbocycles. The minimum Gasteiger partial charge on any atom is -0.491 e. The highest BCUT2D eigenvalue weighted by atomic mass is 79.9. The smallest absolute Gasteiger partial charge is 0.174 e. The van der Waals surface area contributed by atoms with Crippen LogP contribution >= 0.6 is 28.1 Å². The largest absolute Gasteiger partial charge is 0.491 e. The Kier molecular flexibility index (Phi) is 6.58. The lowest BCUT2D eigenvalue weighted by atomic mass is 10.0. The van der Waals surface area contributed by atoms with E-state index in [0.717, 1.165) is 22.7 Å². The van der Waals surface area contributed by atoms with Crippen molar-refractivity contribution in [2.45, 2.75) is 32.0 Å². The summed E-state index contributed by atoms with van der Waals surface area (Å²) in [4.78, 5) is 6.61. The molecule has 0 amide bonds. The molecule has 0 unspecified atom stereocenters. The van der Waals surface area contributed by atoms with E-state index in [0.29, 0.717) is 21.1 Å². The van der Waals surface area contributed by atoms with Crippen LogP contribution in [0.2, 0.25) is 0 Å². The minimum atomic E-state index is -0.316. The number of nitrogens with one attached hydrogen (secondary N) is 1. The van der Waals surface area contributed by atoms with Crippen LogP contribution in [0.25, 0.3) is 11.3 Å². The Balaban J connectivity index is 1.56. The molecule has 2 atom stereocenters. The molecule has 1 N–H and O–H groups in total. The van der Waals surface area contributed by atoms with Crippen molar-refractivity contribution in [1.29, 1.82) is 0 Å². The van der Waals surface area contributed by atoms with E-state index in [1.54, 1.807) is 12.3 Å². The molecule has 4 aromatic rings. The van der Waals surface area contributed by atoms with Gasteiger partial charge in [-0.25, -0.2) is 4.39 Å². The number of anilines is 1. The van der Waals surface area contributed by atoms with E-state index >= 15 is 0 Å². The lowest BCUT2D eigenvalue weighted by molar-refractivity contribution is 0.242. The first-order chi connectivity index (χ1) is 16.9. The molecule has 8 heteroatoms. The fourth-order valence-electron chi connectivity index (χ4n) is 4.23. The Morgan fingerprint density at radius 1 is 1.09 bits per heavy atom. The van der Waals surface area contributed by atoms with Crippen LogP contribution in [-0.2, 0) is 0 Å². The molecule has 0 spiro atoms. The molecule has 35 heavy (non-hydrogen) atoms. The third kappa shape index (κ3) is 4.81. The molecule has 1 aliphatic heterocycles. The van der Waals surface area contributed by atoms with Crippen molar-refractivity contribution in [2.75, 3.05) is 4.90 Å². The maximum Gasteiger partial charge on any atom is 0.174 e. The SMILES string of the molecule is CC(C)Oc1ccc(N2C(=S)N[C@@H](c3ccccn3)[C@H]2c2ccc(-c3ccc(F)cc3Br)o2)cc1. The van der Waals surface area contributed by atoms with Crippen LogP contribution in [0.3, 0.4) is 0 Å². The van der Waals surface area contributed by atoms with Crippen LogP contribution in [0.5, 0.6) is 5.75 Å². The number of hydrogen-bond donors (Lipinski definition) is 1. The average molecular weight is 552 g/mol. The lowest BCUT2D eigenvalue weighted by Crippen LogP contribution is -2.29. The van der Waals surface area contributed by atoms with E-state index in [1.807, 2.05) is 73.3 Å². The van der Waals surface area contributed by atoms with E-state index in [4.69, 9.17) is 21.4 Å². The second kappa shape index (κ2) is 9.79. The Morgan fingerprint density at radius 3 is 2.57 bits per heavy atom. The first-order valence-corrected chi connectivity index (χ1v) is 12.4. The summed E-state index contributed by atoms with van der Waals surface area (Å²) in [5.74, 6) is 1.82. The summed E-state index contributed by atoms with van der Waals surface area (Å²) in [6.45, 7) is 3.99. The topological polar surface area (TPSA) is 50.5 Å². The number of aromatic nitrogens is 1. The number of halogens is 2. The van der Waals surface area contributed by atoms with Crippen molar-refractivity contribution in [3.8, 4) is 17.1 Å². The highest BCUT2D eigenvalue weighted by Crippen LogP contribution is 2.43. The van der Waals surface area contributed by atoms with Gasteiger partial charge in [0.1, 0.15) is 29.1 Å². The van der Waals surface area contributed by atoms with Gasteiger partial charge in [-0.05, 0) is 109 Å². The summed E-state index contributed by atoms with van der Waals surface area (Å²) in [7, 11) is 0. The third-order valence-electron chi connectivity index (χ3n) is 5.70. The van der Waals surface area contributed by atoms with E-state index < -0.39 is 0 Å². The number of ether oxygens (including phenoxy) is 1. The van der Waals surface area contributed by atoms with Crippen molar-refractivity contribution in [1.82, 2.24) is 10.3 Å². The second-order valence-electron chi connectivity index (χ2n) is 8.48. The zero-order chi connectivity index (χ0) is 24.5. The highest BCUT2D eigenvalue weighted by Gasteiger charge is 2.42. The standard InChI is InChI=1S/C27H23BrFN3O2S/c1-16(2)33-19-9-7-18(8-10-19)32-26(25(31-27(32)35)22-5-3-4-14-30-22)24-13-12-23(34-24)20-11-6-17(29)15-21(20)28/h3-16,25-26H,1-2H3,(H,31,35)/t25-,26+/m0/s1. The van der Waals surface area contributed by atoms with Crippen LogP contribution < -0.4 is 15.0 Å². The van der Waals surface area contributed by atoms with Gasteiger partial charge in [-0.2, -0.15) is 0 Å². The molecule has 1 saturated heterocycles. The molecule has 0 bridgehead atoms. The quantitative estimate of drug-likeness (QED) is 0.255. The summed E-state index contributed by atoms with van der Waals surface area (Å²) < 4.78 is 26.4. The van der Waals surface area contributed by atoms with Gasteiger partial charge in [0.15, 0.2) is 5.11 Å². The maximum absolute atomic E-state index is 13.6.